The number of benzene rings is 1. The quantitative estimate of drug-likeness (QED) is 0.832. The van der Waals surface area contributed by atoms with Gasteiger partial charge in [-0.3, -0.25) is 0 Å². The molecule has 2 N–H and O–H groups in total. The van der Waals surface area contributed by atoms with Crippen LogP contribution in [0.15, 0.2) is 24.3 Å². The fourth-order valence-electron chi connectivity index (χ4n) is 1.64. The summed E-state index contributed by atoms with van der Waals surface area (Å²) in [5.74, 6) is 0.393. The van der Waals surface area contributed by atoms with Crippen LogP contribution < -0.4 is 5.32 Å². The van der Waals surface area contributed by atoms with E-state index < -0.39 is 0 Å². The van der Waals surface area contributed by atoms with Gasteiger partial charge >= 0.3 is 0 Å². The summed E-state index contributed by atoms with van der Waals surface area (Å²) in [4.78, 5) is 0. The van der Waals surface area contributed by atoms with E-state index in [-0.39, 0.29) is 12.4 Å². The Bertz CT molecular complexity index is 289. The predicted molar refractivity (Wildman–Crippen MR) is 66.8 cm³/mol. The highest BCUT2D eigenvalue weighted by molar-refractivity contribution is 5.85. The van der Waals surface area contributed by atoms with Crippen LogP contribution in [-0.2, 0) is 6.42 Å². The summed E-state index contributed by atoms with van der Waals surface area (Å²) in [6.07, 6.45) is 0.866. The SMILES string of the molecule is CC(C)NC(C)Cc1ccccc1O.Cl. The van der Waals surface area contributed by atoms with Crippen LogP contribution in [0.3, 0.4) is 0 Å². The molecule has 0 aromatic heterocycles. The Balaban J connectivity index is 0.00000196. The van der Waals surface area contributed by atoms with Gasteiger partial charge < -0.3 is 10.4 Å². The summed E-state index contributed by atoms with van der Waals surface area (Å²) >= 11 is 0. The molecule has 0 fully saturated rings. The maximum atomic E-state index is 9.57. The van der Waals surface area contributed by atoms with Crippen molar-refractivity contribution in [3.8, 4) is 5.75 Å². The van der Waals surface area contributed by atoms with E-state index in [0.29, 0.717) is 17.8 Å². The second-order valence-corrected chi connectivity index (χ2v) is 4.06. The third-order valence-corrected chi connectivity index (χ3v) is 2.14. The molecule has 1 aromatic rings. The standard InChI is InChI=1S/C12H19NO.ClH/c1-9(2)13-10(3)8-11-6-4-5-7-12(11)14;/h4-7,9-10,13-14H,8H2,1-3H3;1H. The van der Waals surface area contributed by atoms with Crippen LogP contribution in [0.2, 0.25) is 0 Å². The Hall–Kier alpha value is -0.730. The van der Waals surface area contributed by atoms with Crippen molar-refractivity contribution in [3.05, 3.63) is 29.8 Å². The van der Waals surface area contributed by atoms with Gasteiger partial charge in [-0.2, -0.15) is 0 Å². The largest absolute Gasteiger partial charge is 0.508 e. The van der Waals surface area contributed by atoms with Gasteiger partial charge in [0.05, 0.1) is 0 Å². The smallest absolute Gasteiger partial charge is 0.118 e. The van der Waals surface area contributed by atoms with Crippen molar-refractivity contribution in [1.29, 1.82) is 0 Å². The fraction of sp³-hybridized carbons (Fsp3) is 0.500. The van der Waals surface area contributed by atoms with Gasteiger partial charge in [-0.1, -0.05) is 32.0 Å². The molecule has 0 spiro atoms. The molecule has 0 amide bonds. The Morgan fingerprint density at radius 1 is 1.20 bits per heavy atom. The zero-order valence-corrected chi connectivity index (χ0v) is 10.3. The highest BCUT2D eigenvalue weighted by Crippen LogP contribution is 2.17. The highest BCUT2D eigenvalue weighted by Gasteiger charge is 2.07. The Kier molecular flexibility index (Phi) is 6.37. The normalized spacial score (nSPS) is 12.3. The van der Waals surface area contributed by atoms with Crippen molar-refractivity contribution in [2.45, 2.75) is 39.3 Å². The first-order chi connectivity index (χ1) is 6.59. The number of phenolic OH excluding ortho intramolecular Hbond substituents is 1. The van der Waals surface area contributed by atoms with Crippen LogP contribution in [0, 0.1) is 0 Å². The van der Waals surface area contributed by atoms with Gasteiger partial charge in [0.25, 0.3) is 0 Å². The van der Waals surface area contributed by atoms with Crippen LogP contribution >= 0.6 is 12.4 Å². The lowest BCUT2D eigenvalue weighted by Crippen LogP contribution is -2.33. The zero-order valence-electron chi connectivity index (χ0n) is 9.53. The zero-order chi connectivity index (χ0) is 10.6. The minimum atomic E-state index is 0. The van der Waals surface area contributed by atoms with E-state index in [1.807, 2.05) is 18.2 Å². The van der Waals surface area contributed by atoms with Crippen molar-refractivity contribution in [3.63, 3.8) is 0 Å². The molecule has 0 aliphatic carbocycles. The molecule has 15 heavy (non-hydrogen) atoms. The maximum Gasteiger partial charge on any atom is 0.118 e. The first kappa shape index (κ1) is 14.3. The summed E-state index contributed by atoms with van der Waals surface area (Å²) < 4.78 is 0. The minimum Gasteiger partial charge on any atom is -0.508 e. The van der Waals surface area contributed by atoms with Crippen LogP contribution in [0.1, 0.15) is 26.3 Å². The second kappa shape index (κ2) is 6.70. The van der Waals surface area contributed by atoms with Gasteiger partial charge in [0.1, 0.15) is 5.75 Å². The number of phenols is 1. The molecule has 0 aliphatic heterocycles. The lowest BCUT2D eigenvalue weighted by Gasteiger charge is -2.17. The number of para-hydroxylation sites is 1. The second-order valence-electron chi connectivity index (χ2n) is 4.06. The van der Waals surface area contributed by atoms with E-state index in [1.165, 1.54) is 0 Å². The molecule has 0 radical (unpaired) electrons. The van der Waals surface area contributed by atoms with Gasteiger partial charge in [0, 0.05) is 12.1 Å². The number of rotatable bonds is 4. The molecule has 1 aromatic carbocycles. The fourth-order valence-corrected chi connectivity index (χ4v) is 1.64. The molecular weight excluding hydrogens is 210 g/mol. The van der Waals surface area contributed by atoms with Crippen LogP contribution in [0.4, 0.5) is 0 Å². The van der Waals surface area contributed by atoms with E-state index in [4.69, 9.17) is 0 Å². The summed E-state index contributed by atoms with van der Waals surface area (Å²) in [6.45, 7) is 6.38. The van der Waals surface area contributed by atoms with Crippen molar-refractivity contribution in [1.82, 2.24) is 5.32 Å². The molecule has 0 bridgehead atoms. The van der Waals surface area contributed by atoms with Crippen molar-refractivity contribution >= 4 is 12.4 Å². The van der Waals surface area contributed by atoms with Gasteiger partial charge in [-0.25, -0.2) is 0 Å². The molecule has 2 nitrogen and oxygen atoms in total. The molecular formula is C12H20ClNO. The predicted octanol–water partition coefficient (Wildman–Crippen LogP) is 2.74. The van der Waals surface area contributed by atoms with Gasteiger partial charge in [0.15, 0.2) is 0 Å². The summed E-state index contributed by atoms with van der Waals surface area (Å²) in [5, 5.41) is 13.0. The summed E-state index contributed by atoms with van der Waals surface area (Å²) in [7, 11) is 0. The molecule has 0 heterocycles. The van der Waals surface area contributed by atoms with Crippen LogP contribution in [0.5, 0.6) is 5.75 Å². The van der Waals surface area contributed by atoms with E-state index in [1.54, 1.807) is 6.07 Å². The Morgan fingerprint density at radius 2 is 1.80 bits per heavy atom. The molecule has 86 valence electrons. The number of aromatic hydroxyl groups is 1. The third-order valence-electron chi connectivity index (χ3n) is 2.14. The average Bonchev–Trinajstić information content (AvgIpc) is 2.07. The van der Waals surface area contributed by atoms with Crippen molar-refractivity contribution < 1.29 is 5.11 Å². The monoisotopic (exact) mass is 229 g/mol. The topological polar surface area (TPSA) is 32.3 Å². The van der Waals surface area contributed by atoms with Crippen LogP contribution in [-0.4, -0.2) is 17.2 Å². The highest BCUT2D eigenvalue weighted by atomic mass is 35.5. The molecule has 0 saturated carbocycles. The number of hydrogen-bond donors (Lipinski definition) is 2. The van der Waals surface area contributed by atoms with Crippen molar-refractivity contribution in [2.24, 2.45) is 0 Å². The number of nitrogens with one attached hydrogen (secondary N) is 1. The van der Waals surface area contributed by atoms with Crippen LogP contribution in [0.25, 0.3) is 0 Å². The lowest BCUT2D eigenvalue weighted by atomic mass is 10.1. The molecule has 0 saturated heterocycles. The molecule has 1 atom stereocenters. The Labute approximate surface area is 98.1 Å². The number of halogens is 1. The molecule has 0 aliphatic rings. The molecule has 3 heteroatoms. The first-order valence-electron chi connectivity index (χ1n) is 5.12. The molecule has 1 rings (SSSR count). The van der Waals surface area contributed by atoms with E-state index in [0.717, 1.165) is 12.0 Å². The lowest BCUT2D eigenvalue weighted by molar-refractivity contribution is 0.449. The van der Waals surface area contributed by atoms with Gasteiger partial charge in [-0.05, 0) is 25.0 Å². The maximum absolute atomic E-state index is 9.57. The average molecular weight is 230 g/mol. The van der Waals surface area contributed by atoms with Gasteiger partial charge in [0.2, 0.25) is 0 Å². The van der Waals surface area contributed by atoms with Crippen molar-refractivity contribution in [2.75, 3.05) is 0 Å². The first-order valence-corrected chi connectivity index (χ1v) is 5.12. The van der Waals surface area contributed by atoms with Gasteiger partial charge in [-0.15, -0.1) is 12.4 Å². The summed E-state index contributed by atoms with van der Waals surface area (Å²) in [6, 6.07) is 8.38. The van der Waals surface area contributed by atoms with E-state index in [9.17, 15) is 5.11 Å². The molecule has 1 unspecified atom stereocenters. The minimum absolute atomic E-state index is 0. The number of hydrogen-bond acceptors (Lipinski definition) is 2. The Morgan fingerprint density at radius 3 is 2.33 bits per heavy atom. The third kappa shape index (κ3) is 5.05. The van der Waals surface area contributed by atoms with E-state index >= 15 is 0 Å². The summed E-state index contributed by atoms with van der Waals surface area (Å²) in [5.41, 5.74) is 1.01. The van der Waals surface area contributed by atoms with E-state index in [2.05, 4.69) is 26.1 Å².